The van der Waals surface area contributed by atoms with Crippen molar-refractivity contribution in [1.29, 1.82) is 0 Å². The largest absolute Gasteiger partial charge is 0.286 e. The molecule has 0 spiro atoms. The Labute approximate surface area is 153 Å². The molecule has 132 valence electrons. The number of pyridine rings is 1. The molecule has 0 aliphatic heterocycles. The topological polar surface area (TPSA) is 106 Å². The van der Waals surface area contributed by atoms with Gasteiger partial charge >= 0.3 is 0 Å². The van der Waals surface area contributed by atoms with Gasteiger partial charge in [-0.25, -0.2) is 17.4 Å². The van der Waals surface area contributed by atoms with E-state index in [2.05, 4.69) is 20.9 Å². The molecule has 0 amide bonds. The first-order valence-corrected chi connectivity index (χ1v) is 10.9. The lowest BCUT2D eigenvalue weighted by Crippen LogP contribution is -2.18. The Bertz CT molecular complexity index is 1140. The zero-order valence-corrected chi connectivity index (χ0v) is 15.9. The number of rotatable bonds is 5. The van der Waals surface area contributed by atoms with Crippen molar-refractivity contribution >= 4 is 47.1 Å². The molecule has 0 aliphatic carbocycles. The number of halogens is 1. The van der Waals surface area contributed by atoms with Crippen LogP contribution >= 0.6 is 15.9 Å². The van der Waals surface area contributed by atoms with Crippen LogP contribution in [0.4, 0.5) is 0 Å². The van der Waals surface area contributed by atoms with Crippen molar-refractivity contribution in [3.05, 3.63) is 58.8 Å². The van der Waals surface area contributed by atoms with E-state index in [4.69, 9.17) is 4.55 Å². The SMILES string of the molecule is O=S(=O)(O)CCc1cc2c(Br)ccnc2n1S(=O)(=O)c1ccccc1. The average molecular weight is 445 g/mol. The predicted molar refractivity (Wildman–Crippen MR) is 96.6 cm³/mol. The summed E-state index contributed by atoms with van der Waals surface area (Å²) in [6.45, 7) is 0. The van der Waals surface area contributed by atoms with Crippen molar-refractivity contribution in [2.75, 3.05) is 5.75 Å². The fraction of sp³-hybridized carbons (Fsp3) is 0.133. The van der Waals surface area contributed by atoms with Gasteiger partial charge in [0.2, 0.25) is 0 Å². The highest BCUT2D eigenvalue weighted by atomic mass is 79.9. The lowest BCUT2D eigenvalue weighted by Gasteiger charge is -2.11. The van der Waals surface area contributed by atoms with Crippen LogP contribution in [0, 0.1) is 0 Å². The molecule has 0 unspecified atom stereocenters. The summed E-state index contributed by atoms with van der Waals surface area (Å²) in [6, 6.07) is 11.0. The fourth-order valence-corrected chi connectivity index (χ4v) is 4.88. The van der Waals surface area contributed by atoms with E-state index in [1.54, 1.807) is 30.3 Å². The van der Waals surface area contributed by atoms with Crippen molar-refractivity contribution in [3.63, 3.8) is 0 Å². The second-order valence-corrected chi connectivity index (χ2v) is 9.50. The van der Waals surface area contributed by atoms with Crippen LogP contribution in [0.3, 0.4) is 0 Å². The summed E-state index contributed by atoms with van der Waals surface area (Å²) in [7, 11) is -8.22. The Morgan fingerprint density at radius 2 is 1.76 bits per heavy atom. The smallest absolute Gasteiger partial charge is 0.269 e. The quantitative estimate of drug-likeness (QED) is 0.605. The minimum absolute atomic E-state index is 0.0578. The molecule has 0 bridgehead atoms. The number of aryl methyl sites for hydroxylation is 1. The van der Waals surface area contributed by atoms with Gasteiger partial charge in [0, 0.05) is 28.2 Å². The van der Waals surface area contributed by atoms with Gasteiger partial charge in [-0.3, -0.25) is 4.55 Å². The normalized spacial score (nSPS) is 12.6. The first kappa shape index (κ1) is 18.1. The molecule has 1 aromatic carbocycles. The van der Waals surface area contributed by atoms with Crippen LogP contribution in [0.25, 0.3) is 11.0 Å². The van der Waals surface area contributed by atoms with E-state index in [9.17, 15) is 16.8 Å². The number of hydrogen-bond acceptors (Lipinski definition) is 5. The number of hydrogen-bond donors (Lipinski definition) is 1. The zero-order valence-electron chi connectivity index (χ0n) is 12.7. The fourth-order valence-electron chi connectivity index (χ4n) is 2.47. The van der Waals surface area contributed by atoms with Crippen LogP contribution in [0.1, 0.15) is 5.69 Å². The average Bonchev–Trinajstić information content (AvgIpc) is 2.94. The highest BCUT2D eigenvalue weighted by Crippen LogP contribution is 2.29. The van der Waals surface area contributed by atoms with E-state index in [0.717, 1.165) is 3.97 Å². The summed E-state index contributed by atoms with van der Waals surface area (Å²) in [5.74, 6) is -0.592. The van der Waals surface area contributed by atoms with Gasteiger partial charge in [-0.15, -0.1) is 0 Å². The molecule has 0 radical (unpaired) electrons. The second-order valence-electron chi connectivity index (χ2n) is 5.28. The van der Waals surface area contributed by atoms with Crippen LogP contribution < -0.4 is 0 Å². The third-order valence-corrected chi connectivity index (χ3v) is 6.75. The minimum Gasteiger partial charge on any atom is -0.286 e. The van der Waals surface area contributed by atoms with Crippen molar-refractivity contribution in [2.24, 2.45) is 0 Å². The maximum absolute atomic E-state index is 13.1. The third-order valence-electron chi connectivity index (χ3n) is 3.58. The summed E-state index contributed by atoms with van der Waals surface area (Å²) in [4.78, 5) is 4.20. The molecular formula is C15H13BrN2O5S2. The van der Waals surface area contributed by atoms with Crippen molar-refractivity contribution < 1.29 is 21.4 Å². The predicted octanol–water partition coefficient (Wildman–Crippen LogP) is 2.47. The first-order valence-electron chi connectivity index (χ1n) is 7.11. The molecule has 0 saturated heterocycles. The molecule has 25 heavy (non-hydrogen) atoms. The summed E-state index contributed by atoms with van der Waals surface area (Å²) in [6.07, 6.45) is 1.28. The summed E-state index contributed by atoms with van der Waals surface area (Å²) >= 11 is 3.34. The maximum Gasteiger partial charge on any atom is 0.269 e. The Morgan fingerprint density at radius 3 is 2.40 bits per heavy atom. The Kier molecular flexibility index (Phi) is 4.71. The van der Waals surface area contributed by atoms with E-state index >= 15 is 0 Å². The van der Waals surface area contributed by atoms with Gasteiger partial charge in [0.1, 0.15) is 0 Å². The second kappa shape index (κ2) is 6.52. The highest BCUT2D eigenvalue weighted by Gasteiger charge is 2.25. The number of nitrogens with zero attached hydrogens (tertiary/aromatic N) is 2. The van der Waals surface area contributed by atoms with Gasteiger partial charge < -0.3 is 0 Å². The van der Waals surface area contributed by atoms with Gasteiger partial charge in [-0.2, -0.15) is 8.42 Å². The van der Waals surface area contributed by atoms with Crippen molar-refractivity contribution in [2.45, 2.75) is 11.3 Å². The van der Waals surface area contributed by atoms with Crippen molar-refractivity contribution in [1.82, 2.24) is 8.96 Å². The number of benzene rings is 1. The molecule has 2 aromatic heterocycles. The van der Waals surface area contributed by atoms with Crippen LogP contribution in [-0.4, -0.2) is 36.1 Å². The van der Waals surface area contributed by atoms with Gasteiger partial charge in [-0.1, -0.05) is 18.2 Å². The molecule has 3 rings (SSSR count). The van der Waals surface area contributed by atoms with Crippen LogP contribution in [0.5, 0.6) is 0 Å². The molecule has 0 aliphatic rings. The lowest BCUT2D eigenvalue weighted by atomic mass is 10.3. The van der Waals surface area contributed by atoms with Crippen LogP contribution in [0.2, 0.25) is 0 Å². The van der Waals surface area contributed by atoms with Crippen molar-refractivity contribution in [3.8, 4) is 0 Å². The lowest BCUT2D eigenvalue weighted by molar-refractivity contribution is 0.482. The molecule has 2 heterocycles. The molecule has 7 nitrogen and oxygen atoms in total. The van der Waals surface area contributed by atoms with Gasteiger partial charge in [0.25, 0.3) is 20.1 Å². The molecule has 0 fully saturated rings. The first-order chi connectivity index (χ1) is 11.7. The Hall–Kier alpha value is -1.75. The van der Waals surface area contributed by atoms with E-state index in [1.165, 1.54) is 18.3 Å². The zero-order chi connectivity index (χ0) is 18.2. The number of fused-ring (bicyclic) bond motifs is 1. The molecular weight excluding hydrogens is 432 g/mol. The van der Waals surface area contributed by atoms with Crippen LogP contribution in [-0.2, 0) is 26.6 Å². The van der Waals surface area contributed by atoms with Crippen LogP contribution in [0.15, 0.2) is 58.0 Å². The van der Waals surface area contributed by atoms with E-state index in [-0.39, 0.29) is 22.7 Å². The van der Waals surface area contributed by atoms with Gasteiger partial charge in [0.05, 0.1) is 10.6 Å². The summed E-state index contributed by atoms with van der Waals surface area (Å²) < 4.78 is 59.0. The number of aromatic nitrogens is 2. The summed E-state index contributed by atoms with van der Waals surface area (Å²) in [5, 5.41) is 0.535. The molecule has 1 N–H and O–H groups in total. The molecule has 0 atom stereocenters. The monoisotopic (exact) mass is 444 g/mol. The minimum atomic E-state index is -4.24. The standard InChI is InChI=1S/C15H13BrN2O5S2/c16-14-6-8-17-15-13(14)10-11(7-9-24(19,20)21)18(15)25(22,23)12-4-2-1-3-5-12/h1-6,8,10H,7,9H2,(H,19,20,21). The molecule has 0 saturated carbocycles. The van der Waals surface area contributed by atoms with E-state index < -0.39 is 25.9 Å². The maximum atomic E-state index is 13.1. The molecule has 10 heteroatoms. The molecule has 3 aromatic rings. The Morgan fingerprint density at radius 1 is 1.08 bits per heavy atom. The van der Waals surface area contributed by atoms with E-state index in [0.29, 0.717) is 9.86 Å². The Balaban J connectivity index is 2.26. The third kappa shape index (κ3) is 3.61. The summed E-state index contributed by atoms with van der Waals surface area (Å²) in [5.41, 5.74) is 0.402. The van der Waals surface area contributed by atoms with Gasteiger partial charge in [-0.05, 0) is 40.2 Å². The van der Waals surface area contributed by atoms with E-state index in [1.807, 2.05) is 0 Å². The highest BCUT2D eigenvalue weighted by molar-refractivity contribution is 9.10. The van der Waals surface area contributed by atoms with Gasteiger partial charge in [0.15, 0.2) is 5.65 Å².